The van der Waals surface area contributed by atoms with Crippen molar-refractivity contribution in [3.05, 3.63) is 90.7 Å². The van der Waals surface area contributed by atoms with Crippen LogP contribution in [0.3, 0.4) is 0 Å². The molecule has 1 fully saturated rings. The molecule has 0 aliphatic carbocycles. The number of benzene rings is 3. The van der Waals surface area contributed by atoms with Crippen LogP contribution in [0.5, 0.6) is 17.2 Å². The molecule has 0 saturated carbocycles. The molecule has 0 spiro atoms. The average molecular weight is 550 g/mol. The number of hydrogen-bond donors (Lipinski definition) is 1. The summed E-state index contributed by atoms with van der Waals surface area (Å²) in [4.78, 5) is 17.6. The van der Waals surface area contributed by atoms with Gasteiger partial charge in [-0.2, -0.15) is 0 Å². The summed E-state index contributed by atoms with van der Waals surface area (Å²) in [5.74, 6) is 7.16. The predicted octanol–water partition coefficient (Wildman–Crippen LogP) is 5.71. The molecular weight excluding hydrogens is 517 g/mol. The van der Waals surface area contributed by atoms with E-state index < -0.39 is 12.6 Å². The number of hydrogen-bond acceptors (Lipinski definition) is 8. The molecule has 0 bridgehead atoms. The van der Waals surface area contributed by atoms with Crippen LogP contribution in [0.25, 0.3) is 0 Å². The Balaban J connectivity index is 1.31. The van der Waals surface area contributed by atoms with Crippen molar-refractivity contribution >= 4 is 6.16 Å². The van der Waals surface area contributed by atoms with Gasteiger partial charge in [0.25, 0.3) is 6.41 Å². The molecule has 1 aliphatic rings. The van der Waals surface area contributed by atoms with Gasteiger partial charge in [-0.1, -0.05) is 59.7 Å². The van der Waals surface area contributed by atoms with E-state index in [4.69, 9.17) is 23.8 Å². The van der Waals surface area contributed by atoms with Gasteiger partial charge in [0.2, 0.25) is 0 Å². The number of ether oxygens (including phenoxy) is 4. The van der Waals surface area contributed by atoms with Gasteiger partial charge < -0.3 is 28.9 Å². The van der Waals surface area contributed by atoms with E-state index >= 15 is 0 Å². The van der Waals surface area contributed by atoms with Crippen LogP contribution in [0.15, 0.2) is 84.9 Å². The fraction of sp³-hybridized carbons (Fsp3) is 0.323. The van der Waals surface area contributed by atoms with E-state index in [1.54, 1.807) is 66.7 Å². The maximum atomic E-state index is 13.1. The fourth-order valence-corrected chi connectivity index (χ4v) is 3.95. The third-order valence-corrected chi connectivity index (χ3v) is 5.94. The van der Waals surface area contributed by atoms with E-state index in [9.17, 15) is 14.3 Å². The average Bonchev–Trinajstić information content (AvgIpc) is 3.20. The highest BCUT2D eigenvalue weighted by Gasteiger charge is 2.24. The highest BCUT2D eigenvalue weighted by Crippen LogP contribution is 2.20. The number of aliphatic hydroxyl groups excluding tert-OH is 1. The maximum absolute atomic E-state index is 13.1. The summed E-state index contributed by atoms with van der Waals surface area (Å²) in [6.07, 6.45) is 0.801. The summed E-state index contributed by atoms with van der Waals surface area (Å²) in [6, 6.07) is 23.0. The monoisotopic (exact) mass is 549 g/mol. The maximum Gasteiger partial charge on any atom is 0.533 e. The zero-order chi connectivity index (χ0) is 28.0. The molecule has 1 saturated heterocycles. The summed E-state index contributed by atoms with van der Waals surface area (Å²) in [5.41, 5.74) is 0. The molecule has 1 aliphatic heterocycles. The standard InChI is InChI=1S/C31H32FNO7/c32-24-18-20-25(21-19-24)36-23-29-17-8-7-15-26(37-29)16-9-10-22-33(30(34)38-27-11-3-1-4-12-27)40-31(35)39-28-13-5-2-6-14-28/h1-6,11-14,18-21,26,29-30,34H,7-8,10,15,17,22-23H2. The van der Waals surface area contributed by atoms with E-state index in [0.29, 0.717) is 23.9 Å². The molecular formula is C31H32FNO7. The van der Waals surface area contributed by atoms with Crippen molar-refractivity contribution in [2.75, 3.05) is 13.2 Å². The zero-order valence-electron chi connectivity index (χ0n) is 22.0. The second kappa shape index (κ2) is 15.5. The highest BCUT2D eigenvalue weighted by molar-refractivity contribution is 5.63. The van der Waals surface area contributed by atoms with Gasteiger partial charge in [-0.15, -0.1) is 0 Å². The molecule has 1 N–H and O–H groups in total. The lowest BCUT2D eigenvalue weighted by Gasteiger charge is -2.25. The van der Waals surface area contributed by atoms with Crippen molar-refractivity contribution in [1.82, 2.24) is 5.06 Å². The summed E-state index contributed by atoms with van der Waals surface area (Å²) < 4.78 is 35.7. The van der Waals surface area contributed by atoms with Gasteiger partial charge in [-0.3, -0.25) is 0 Å². The molecule has 210 valence electrons. The zero-order valence-corrected chi connectivity index (χ0v) is 22.0. The lowest BCUT2D eigenvalue weighted by atomic mass is 10.1. The van der Waals surface area contributed by atoms with Crippen molar-refractivity contribution in [3.63, 3.8) is 0 Å². The van der Waals surface area contributed by atoms with Crippen molar-refractivity contribution in [2.24, 2.45) is 0 Å². The van der Waals surface area contributed by atoms with E-state index in [2.05, 4.69) is 11.8 Å². The number of carbonyl (C=O) groups excluding carboxylic acids is 1. The lowest BCUT2D eigenvalue weighted by Crippen LogP contribution is -2.42. The Morgan fingerprint density at radius 2 is 1.62 bits per heavy atom. The quantitative estimate of drug-likeness (QED) is 0.113. The van der Waals surface area contributed by atoms with E-state index in [1.165, 1.54) is 12.1 Å². The van der Waals surface area contributed by atoms with Gasteiger partial charge in [0.05, 0.1) is 12.6 Å². The Morgan fingerprint density at radius 1 is 0.950 bits per heavy atom. The van der Waals surface area contributed by atoms with Crippen LogP contribution in [0.1, 0.15) is 32.1 Å². The number of hydroxylamine groups is 2. The highest BCUT2D eigenvalue weighted by atomic mass is 19.1. The first-order chi connectivity index (χ1) is 19.5. The molecule has 3 aromatic carbocycles. The van der Waals surface area contributed by atoms with Crippen LogP contribution < -0.4 is 14.2 Å². The molecule has 40 heavy (non-hydrogen) atoms. The van der Waals surface area contributed by atoms with Crippen LogP contribution in [0.4, 0.5) is 9.18 Å². The second-order valence-corrected chi connectivity index (χ2v) is 9.02. The van der Waals surface area contributed by atoms with Gasteiger partial charge in [0.1, 0.15) is 35.8 Å². The molecule has 0 aromatic heterocycles. The number of halogens is 1. The van der Waals surface area contributed by atoms with Crippen molar-refractivity contribution in [1.29, 1.82) is 0 Å². The van der Waals surface area contributed by atoms with Crippen LogP contribution >= 0.6 is 0 Å². The Bertz CT molecular complexity index is 1230. The second-order valence-electron chi connectivity index (χ2n) is 9.02. The Kier molecular flexibility index (Phi) is 11.2. The number of carbonyl (C=O) groups is 1. The minimum Gasteiger partial charge on any atom is -0.491 e. The van der Waals surface area contributed by atoms with Crippen LogP contribution in [-0.4, -0.2) is 48.1 Å². The third kappa shape index (κ3) is 9.89. The van der Waals surface area contributed by atoms with Gasteiger partial charge >= 0.3 is 6.16 Å². The summed E-state index contributed by atoms with van der Waals surface area (Å²) in [6.45, 7) is 0.396. The molecule has 3 unspecified atom stereocenters. The number of rotatable bonds is 10. The van der Waals surface area contributed by atoms with Crippen LogP contribution in [0.2, 0.25) is 0 Å². The minimum absolute atomic E-state index is 0.0503. The Morgan fingerprint density at radius 3 is 2.35 bits per heavy atom. The van der Waals surface area contributed by atoms with Crippen LogP contribution in [-0.2, 0) is 9.57 Å². The molecule has 9 heteroatoms. The normalized spacial score (nSPS) is 17.6. The lowest BCUT2D eigenvalue weighted by molar-refractivity contribution is -0.269. The Hall–Kier alpha value is -4.10. The fourth-order valence-electron chi connectivity index (χ4n) is 3.95. The summed E-state index contributed by atoms with van der Waals surface area (Å²) in [5, 5.41) is 11.6. The van der Waals surface area contributed by atoms with Crippen molar-refractivity contribution in [2.45, 2.75) is 50.7 Å². The van der Waals surface area contributed by atoms with Gasteiger partial charge in [-0.05, 0) is 67.8 Å². The number of para-hydroxylation sites is 2. The minimum atomic E-state index is -1.59. The first-order valence-corrected chi connectivity index (χ1v) is 13.2. The molecule has 4 rings (SSSR count). The largest absolute Gasteiger partial charge is 0.533 e. The predicted molar refractivity (Wildman–Crippen MR) is 145 cm³/mol. The molecule has 3 aromatic rings. The molecule has 8 nitrogen and oxygen atoms in total. The topological polar surface area (TPSA) is 86.7 Å². The summed E-state index contributed by atoms with van der Waals surface area (Å²) in [7, 11) is 0. The SMILES string of the molecule is O=C(Oc1ccccc1)ON(CCC#CC1CCCCC(COc2ccc(F)cc2)O1)C(O)Oc1ccccc1. The van der Waals surface area contributed by atoms with Gasteiger partial charge in [-0.25, -0.2) is 9.18 Å². The molecule has 3 atom stereocenters. The van der Waals surface area contributed by atoms with E-state index in [0.717, 1.165) is 30.7 Å². The summed E-state index contributed by atoms with van der Waals surface area (Å²) >= 11 is 0. The van der Waals surface area contributed by atoms with Gasteiger partial charge in [0.15, 0.2) is 0 Å². The Labute approximate surface area is 233 Å². The third-order valence-electron chi connectivity index (χ3n) is 5.94. The van der Waals surface area contributed by atoms with E-state index in [1.807, 2.05) is 6.07 Å². The van der Waals surface area contributed by atoms with Gasteiger partial charge in [0, 0.05) is 6.42 Å². The molecule has 0 radical (unpaired) electrons. The van der Waals surface area contributed by atoms with Crippen molar-refractivity contribution < 1.29 is 38.1 Å². The molecule has 0 amide bonds. The molecule has 1 heterocycles. The van der Waals surface area contributed by atoms with E-state index in [-0.39, 0.29) is 31.0 Å². The number of aliphatic hydroxyl groups is 1. The van der Waals surface area contributed by atoms with Crippen molar-refractivity contribution in [3.8, 4) is 29.1 Å². The smallest absolute Gasteiger partial charge is 0.491 e. The number of nitrogens with zero attached hydrogens (tertiary/aromatic N) is 1. The first kappa shape index (κ1) is 28.9. The first-order valence-electron chi connectivity index (χ1n) is 13.2. The van der Waals surface area contributed by atoms with Crippen LogP contribution in [0, 0.1) is 17.7 Å².